The maximum absolute atomic E-state index is 12.6. The summed E-state index contributed by atoms with van der Waals surface area (Å²) in [6.45, 7) is 0.462. The minimum atomic E-state index is -1.03. The lowest BCUT2D eigenvalue weighted by atomic mass is 10.0. The quantitative estimate of drug-likeness (QED) is 0.512. The van der Waals surface area contributed by atoms with Crippen LogP contribution in [0, 0.1) is 0 Å². The highest BCUT2D eigenvalue weighted by molar-refractivity contribution is 6.07. The van der Waals surface area contributed by atoms with Gasteiger partial charge in [0.25, 0.3) is 5.91 Å². The SMILES string of the molecule is COc1ccc(NC(=O)c2ccc3[nH]c(C(=O)O)c(CCCN)c3c2)cc1. The number of aryl methyl sites for hydroxylation is 1. The van der Waals surface area contributed by atoms with Crippen molar-refractivity contribution in [2.75, 3.05) is 19.0 Å². The van der Waals surface area contributed by atoms with Gasteiger partial charge in [-0.25, -0.2) is 4.79 Å². The molecule has 0 atom stereocenters. The van der Waals surface area contributed by atoms with Gasteiger partial charge in [-0.1, -0.05) is 0 Å². The van der Waals surface area contributed by atoms with E-state index in [9.17, 15) is 14.7 Å². The number of nitrogens with one attached hydrogen (secondary N) is 2. The Bertz CT molecular complexity index is 977. The summed E-state index contributed by atoms with van der Waals surface area (Å²) in [5.41, 5.74) is 8.15. The van der Waals surface area contributed by atoms with Crippen LogP contribution in [0.2, 0.25) is 0 Å². The number of hydrogen-bond donors (Lipinski definition) is 4. The van der Waals surface area contributed by atoms with Gasteiger partial charge in [0, 0.05) is 22.2 Å². The highest BCUT2D eigenvalue weighted by Crippen LogP contribution is 2.26. The molecule has 0 aliphatic heterocycles. The first-order chi connectivity index (χ1) is 13.0. The number of rotatable bonds is 7. The number of amides is 1. The number of nitrogens with two attached hydrogens (primary N) is 1. The van der Waals surface area contributed by atoms with Gasteiger partial charge in [-0.3, -0.25) is 4.79 Å². The lowest BCUT2D eigenvalue weighted by Gasteiger charge is -2.07. The van der Waals surface area contributed by atoms with Gasteiger partial charge in [-0.2, -0.15) is 0 Å². The molecule has 7 nitrogen and oxygen atoms in total. The Morgan fingerprint density at radius 2 is 1.93 bits per heavy atom. The predicted octanol–water partition coefficient (Wildman–Crippen LogP) is 3.02. The van der Waals surface area contributed by atoms with Crippen LogP contribution in [0.5, 0.6) is 5.75 Å². The van der Waals surface area contributed by atoms with Gasteiger partial charge in [0.05, 0.1) is 7.11 Å². The molecule has 0 aliphatic rings. The summed E-state index contributed by atoms with van der Waals surface area (Å²) in [6, 6.07) is 12.1. The van der Waals surface area contributed by atoms with E-state index in [0.29, 0.717) is 47.5 Å². The molecule has 1 heterocycles. The third-order valence-corrected chi connectivity index (χ3v) is 4.36. The van der Waals surface area contributed by atoms with Crippen molar-refractivity contribution in [3.05, 3.63) is 59.3 Å². The van der Waals surface area contributed by atoms with Crippen LogP contribution in [-0.4, -0.2) is 35.6 Å². The van der Waals surface area contributed by atoms with Crippen LogP contribution >= 0.6 is 0 Å². The number of benzene rings is 2. The minimum absolute atomic E-state index is 0.145. The fourth-order valence-corrected chi connectivity index (χ4v) is 2.99. The molecule has 0 aliphatic carbocycles. The summed E-state index contributed by atoms with van der Waals surface area (Å²) in [5.74, 6) is -0.597. The van der Waals surface area contributed by atoms with Crippen molar-refractivity contribution < 1.29 is 19.4 Å². The number of fused-ring (bicyclic) bond motifs is 1. The van der Waals surface area contributed by atoms with E-state index in [1.165, 1.54) is 0 Å². The van der Waals surface area contributed by atoms with Gasteiger partial charge in [0.1, 0.15) is 11.4 Å². The first-order valence-electron chi connectivity index (χ1n) is 8.57. The van der Waals surface area contributed by atoms with Crippen LogP contribution in [0.25, 0.3) is 10.9 Å². The van der Waals surface area contributed by atoms with Crippen molar-refractivity contribution in [1.82, 2.24) is 4.98 Å². The third-order valence-electron chi connectivity index (χ3n) is 4.36. The first-order valence-corrected chi connectivity index (χ1v) is 8.57. The van der Waals surface area contributed by atoms with Crippen molar-refractivity contribution in [2.24, 2.45) is 5.73 Å². The summed E-state index contributed by atoms with van der Waals surface area (Å²) in [6.07, 6.45) is 1.19. The summed E-state index contributed by atoms with van der Waals surface area (Å²) in [4.78, 5) is 27.0. The topological polar surface area (TPSA) is 117 Å². The zero-order valence-electron chi connectivity index (χ0n) is 14.9. The number of anilines is 1. The van der Waals surface area contributed by atoms with E-state index >= 15 is 0 Å². The molecule has 27 heavy (non-hydrogen) atoms. The second-order valence-electron chi connectivity index (χ2n) is 6.12. The van der Waals surface area contributed by atoms with E-state index in [0.717, 1.165) is 5.39 Å². The van der Waals surface area contributed by atoms with Crippen LogP contribution < -0.4 is 15.8 Å². The number of aromatic amines is 1. The van der Waals surface area contributed by atoms with Gasteiger partial charge in [-0.05, 0) is 67.4 Å². The molecular weight excluding hydrogens is 346 g/mol. The standard InChI is InChI=1S/C20H21N3O4/c1-27-14-7-5-13(6-8-14)22-19(24)12-4-9-17-16(11-12)15(3-2-10-21)18(23-17)20(25)26/h4-9,11,23H,2-3,10,21H2,1H3,(H,22,24)(H,25,26). The molecular formula is C20H21N3O4. The lowest BCUT2D eigenvalue weighted by Crippen LogP contribution is -2.11. The second-order valence-corrected chi connectivity index (χ2v) is 6.12. The largest absolute Gasteiger partial charge is 0.497 e. The van der Waals surface area contributed by atoms with Crippen molar-refractivity contribution in [3.8, 4) is 5.75 Å². The Kier molecular flexibility index (Phi) is 5.42. The van der Waals surface area contributed by atoms with Gasteiger partial charge < -0.3 is 25.9 Å². The Morgan fingerprint density at radius 3 is 2.56 bits per heavy atom. The number of ether oxygens (including phenoxy) is 1. The number of aromatic carboxylic acids is 1. The molecule has 0 saturated carbocycles. The molecule has 3 rings (SSSR count). The van der Waals surface area contributed by atoms with E-state index in [1.54, 1.807) is 49.6 Å². The van der Waals surface area contributed by atoms with Crippen molar-refractivity contribution in [2.45, 2.75) is 12.8 Å². The van der Waals surface area contributed by atoms with Crippen LogP contribution in [-0.2, 0) is 6.42 Å². The molecule has 0 spiro atoms. The smallest absolute Gasteiger partial charge is 0.352 e. The highest BCUT2D eigenvalue weighted by Gasteiger charge is 2.18. The van der Waals surface area contributed by atoms with E-state index in [2.05, 4.69) is 10.3 Å². The summed E-state index contributed by atoms with van der Waals surface area (Å²) in [7, 11) is 1.58. The Hall–Kier alpha value is -3.32. The molecule has 0 radical (unpaired) electrons. The van der Waals surface area contributed by atoms with E-state index in [4.69, 9.17) is 10.5 Å². The normalized spacial score (nSPS) is 10.7. The minimum Gasteiger partial charge on any atom is -0.497 e. The molecule has 0 saturated heterocycles. The number of methoxy groups -OCH3 is 1. The molecule has 140 valence electrons. The van der Waals surface area contributed by atoms with Crippen molar-refractivity contribution >= 4 is 28.5 Å². The fourth-order valence-electron chi connectivity index (χ4n) is 2.99. The van der Waals surface area contributed by atoms with Gasteiger partial charge >= 0.3 is 5.97 Å². The average Bonchev–Trinajstić information content (AvgIpc) is 3.05. The van der Waals surface area contributed by atoms with E-state index in [-0.39, 0.29) is 11.6 Å². The van der Waals surface area contributed by atoms with Crippen LogP contribution in [0.15, 0.2) is 42.5 Å². The number of carbonyl (C=O) groups excluding carboxylic acids is 1. The summed E-state index contributed by atoms with van der Waals surface area (Å²) in [5, 5.41) is 13.0. The van der Waals surface area contributed by atoms with Crippen molar-refractivity contribution in [1.29, 1.82) is 0 Å². The Balaban J connectivity index is 1.91. The number of H-pyrrole nitrogens is 1. The highest BCUT2D eigenvalue weighted by atomic mass is 16.5. The molecule has 0 unspecified atom stereocenters. The van der Waals surface area contributed by atoms with Crippen molar-refractivity contribution in [3.63, 3.8) is 0 Å². The van der Waals surface area contributed by atoms with E-state index < -0.39 is 5.97 Å². The molecule has 0 bridgehead atoms. The van der Waals surface area contributed by atoms with Gasteiger partial charge in [0.2, 0.25) is 0 Å². The molecule has 3 aromatic rings. The number of carboxylic acid groups (broad SMARTS) is 1. The first kappa shape index (κ1) is 18.5. The molecule has 5 N–H and O–H groups in total. The number of aromatic nitrogens is 1. The van der Waals surface area contributed by atoms with Crippen LogP contribution in [0.1, 0.15) is 32.8 Å². The molecule has 0 fully saturated rings. The van der Waals surface area contributed by atoms with E-state index in [1.807, 2.05) is 0 Å². The monoisotopic (exact) mass is 367 g/mol. The molecule has 1 aromatic heterocycles. The maximum atomic E-state index is 12.6. The van der Waals surface area contributed by atoms with Gasteiger partial charge in [-0.15, -0.1) is 0 Å². The molecule has 2 aromatic carbocycles. The molecule has 1 amide bonds. The summed E-state index contributed by atoms with van der Waals surface area (Å²) >= 11 is 0. The zero-order valence-corrected chi connectivity index (χ0v) is 14.9. The maximum Gasteiger partial charge on any atom is 0.352 e. The average molecular weight is 367 g/mol. The number of carboxylic acids is 1. The zero-order chi connectivity index (χ0) is 19.4. The Labute approximate surface area is 156 Å². The number of hydrogen-bond acceptors (Lipinski definition) is 4. The molecule has 7 heteroatoms. The van der Waals surface area contributed by atoms with Crippen LogP contribution in [0.4, 0.5) is 5.69 Å². The summed E-state index contributed by atoms with van der Waals surface area (Å²) < 4.78 is 5.10. The number of carbonyl (C=O) groups is 2. The van der Waals surface area contributed by atoms with Gasteiger partial charge in [0.15, 0.2) is 0 Å². The Morgan fingerprint density at radius 1 is 1.19 bits per heavy atom. The van der Waals surface area contributed by atoms with Crippen LogP contribution in [0.3, 0.4) is 0 Å². The lowest BCUT2D eigenvalue weighted by molar-refractivity contribution is 0.0690. The fraction of sp³-hybridized carbons (Fsp3) is 0.200. The third kappa shape index (κ3) is 3.93. The second kappa shape index (κ2) is 7.92. The predicted molar refractivity (Wildman–Crippen MR) is 104 cm³/mol.